The maximum absolute atomic E-state index is 13.5. The molecule has 0 aliphatic rings. The molecule has 0 aliphatic carbocycles. The highest BCUT2D eigenvalue weighted by Gasteiger charge is 2.19. The van der Waals surface area contributed by atoms with E-state index in [1.165, 1.54) is 0 Å². The van der Waals surface area contributed by atoms with Crippen LogP contribution in [0.1, 0.15) is 18.5 Å². The van der Waals surface area contributed by atoms with Gasteiger partial charge in [-0.25, -0.2) is 4.39 Å². The SMILES string of the molecule is CC(Nc1cc(F)c(Cl)cc1[N+](=O)[O-])c1ccccc1. The van der Waals surface area contributed by atoms with E-state index < -0.39 is 10.7 Å². The largest absolute Gasteiger partial charge is 0.373 e. The average molecular weight is 295 g/mol. The summed E-state index contributed by atoms with van der Waals surface area (Å²) in [6.45, 7) is 1.84. The smallest absolute Gasteiger partial charge is 0.294 e. The standard InChI is InChI=1S/C14H12ClFN2O2/c1-9(10-5-3-2-4-6-10)17-13-8-12(16)11(15)7-14(13)18(19)20/h2-9,17H,1H3. The third kappa shape index (κ3) is 3.05. The molecule has 0 heterocycles. The summed E-state index contributed by atoms with van der Waals surface area (Å²) in [4.78, 5) is 10.4. The second kappa shape index (κ2) is 5.88. The molecule has 0 saturated heterocycles. The first-order chi connectivity index (χ1) is 9.49. The van der Waals surface area contributed by atoms with Gasteiger partial charge in [-0.2, -0.15) is 0 Å². The van der Waals surface area contributed by atoms with Gasteiger partial charge in [-0.1, -0.05) is 41.9 Å². The first-order valence-electron chi connectivity index (χ1n) is 5.94. The first-order valence-corrected chi connectivity index (χ1v) is 6.31. The zero-order chi connectivity index (χ0) is 14.7. The normalized spacial score (nSPS) is 11.9. The molecule has 104 valence electrons. The van der Waals surface area contributed by atoms with Gasteiger partial charge in [0.05, 0.1) is 9.95 Å². The minimum atomic E-state index is -0.694. The van der Waals surface area contributed by atoms with Crippen LogP contribution in [-0.2, 0) is 0 Å². The molecule has 6 heteroatoms. The summed E-state index contributed by atoms with van der Waals surface area (Å²) >= 11 is 5.58. The Labute approximate surface area is 120 Å². The van der Waals surface area contributed by atoms with Crippen molar-refractivity contribution in [2.24, 2.45) is 0 Å². The number of nitro benzene ring substituents is 1. The van der Waals surface area contributed by atoms with Crippen molar-refractivity contribution in [3.63, 3.8) is 0 Å². The lowest BCUT2D eigenvalue weighted by Crippen LogP contribution is -2.08. The highest BCUT2D eigenvalue weighted by Crippen LogP contribution is 2.32. The van der Waals surface area contributed by atoms with Crippen LogP contribution in [0, 0.1) is 15.9 Å². The van der Waals surface area contributed by atoms with Gasteiger partial charge in [-0.15, -0.1) is 0 Å². The Hall–Kier alpha value is -2.14. The minimum absolute atomic E-state index is 0.105. The molecule has 0 radical (unpaired) electrons. The van der Waals surface area contributed by atoms with Crippen molar-refractivity contribution in [2.45, 2.75) is 13.0 Å². The van der Waals surface area contributed by atoms with Crippen LogP contribution in [0.3, 0.4) is 0 Å². The third-order valence-corrected chi connectivity index (χ3v) is 3.20. The molecular formula is C14H12ClFN2O2. The van der Waals surface area contributed by atoms with Crippen LogP contribution in [0.5, 0.6) is 0 Å². The predicted octanol–water partition coefficient (Wildman–Crippen LogP) is 4.56. The highest BCUT2D eigenvalue weighted by molar-refractivity contribution is 6.31. The molecule has 0 amide bonds. The van der Waals surface area contributed by atoms with E-state index in [1.807, 2.05) is 37.3 Å². The molecule has 0 aliphatic heterocycles. The van der Waals surface area contributed by atoms with Crippen molar-refractivity contribution in [2.75, 3.05) is 5.32 Å². The van der Waals surface area contributed by atoms with Gasteiger partial charge in [0.15, 0.2) is 0 Å². The molecule has 0 spiro atoms. The second-order valence-corrected chi connectivity index (χ2v) is 4.72. The maximum atomic E-state index is 13.5. The lowest BCUT2D eigenvalue weighted by atomic mass is 10.1. The van der Waals surface area contributed by atoms with Crippen LogP contribution in [-0.4, -0.2) is 4.92 Å². The van der Waals surface area contributed by atoms with Crippen molar-refractivity contribution < 1.29 is 9.31 Å². The van der Waals surface area contributed by atoms with Crippen LogP contribution in [0.15, 0.2) is 42.5 Å². The van der Waals surface area contributed by atoms with E-state index in [2.05, 4.69) is 5.32 Å². The van der Waals surface area contributed by atoms with Crippen LogP contribution in [0.4, 0.5) is 15.8 Å². The van der Waals surface area contributed by atoms with Gasteiger partial charge in [0.25, 0.3) is 5.69 Å². The first kappa shape index (κ1) is 14.3. The maximum Gasteiger partial charge on any atom is 0.294 e. The Balaban J connectivity index is 2.33. The quantitative estimate of drug-likeness (QED) is 0.664. The number of nitrogens with zero attached hydrogens (tertiary/aromatic N) is 1. The van der Waals surface area contributed by atoms with Crippen LogP contribution >= 0.6 is 11.6 Å². The van der Waals surface area contributed by atoms with Gasteiger partial charge >= 0.3 is 0 Å². The van der Waals surface area contributed by atoms with Gasteiger partial charge in [0.1, 0.15) is 11.5 Å². The van der Waals surface area contributed by atoms with E-state index in [0.29, 0.717) is 0 Å². The van der Waals surface area contributed by atoms with E-state index in [-0.39, 0.29) is 22.4 Å². The van der Waals surface area contributed by atoms with Crippen molar-refractivity contribution in [3.8, 4) is 0 Å². The van der Waals surface area contributed by atoms with Crippen molar-refractivity contribution >= 4 is 23.0 Å². The lowest BCUT2D eigenvalue weighted by Gasteiger charge is -2.16. The fraction of sp³-hybridized carbons (Fsp3) is 0.143. The zero-order valence-corrected chi connectivity index (χ0v) is 11.4. The lowest BCUT2D eigenvalue weighted by molar-refractivity contribution is -0.384. The molecule has 2 aromatic carbocycles. The summed E-state index contributed by atoms with van der Waals surface area (Å²) in [5, 5.41) is 13.7. The Morgan fingerprint density at radius 2 is 1.95 bits per heavy atom. The molecule has 2 aromatic rings. The van der Waals surface area contributed by atoms with E-state index in [4.69, 9.17) is 11.6 Å². The summed E-state index contributed by atoms with van der Waals surface area (Å²) in [7, 11) is 0. The van der Waals surface area contributed by atoms with Crippen molar-refractivity contribution in [3.05, 3.63) is 69.0 Å². The molecule has 20 heavy (non-hydrogen) atoms. The van der Waals surface area contributed by atoms with Gasteiger partial charge in [-0.05, 0) is 12.5 Å². The fourth-order valence-electron chi connectivity index (χ4n) is 1.86. The van der Waals surface area contributed by atoms with Crippen molar-refractivity contribution in [1.29, 1.82) is 0 Å². The summed E-state index contributed by atoms with van der Waals surface area (Å²) in [5.41, 5.74) is 0.796. The Morgan fingerprint density at radius 3 is 2.55 bits per heavy atom. The van der Waals surface area contributed by atoms with Crippen LogP contribution in [0.25, 0.3) is 0 Å². The molecule has 1 unspecified atom stereocenters. The summed E-state index contributed by atoms with van der Waals surface area (Å²) in [6, 6.07) is 11.2. The summed E-state index contributed by atoms with van der Waals surface area (Å²) in [5.74, 6) is -0.694. The predicted molar refractivity (Wildman–Crippen MR) is 76.5 cm³/mol. The summed E-state index contributed by atoms with van der Waals surface area (Å²) in [6.07, 6.45) is 0. The molecule has 1 N–H and O–H groups in total. The Morgan fingerprint density at radius 1 is 1.30 bits per heavy atom. The summed E-state index contributed by atoms with van der Waals surface area (Å²) < 4.78 is 13.5. The Kier molecular flexibility index (Phi) is 4.20. The van der Waals surface area contributed by atoms with Crippen LogP contribution in [0.2, 0.25) is 5.02 Å². The molecule has 1 atom stereocenters. The number of rotatable bonds is 4. The number of benzene rings is 2. The van der Waals surface area contributed by atoms with E-state index in [9.17, 15) is 14.5 Å². The molecule has 0 saturated carbocycles. The molecular weight excluding hydrogens is 283 g/mol. The monoisotopic (exact) mass is 294 g/mol. The third-order valence-electron chi connectivity index (χ3n) is 2.91. The fourth-order valence-corrected chi connectivity index (χ4v) is 2.02. The van der Waals surface area contributed by atoms with Gasteiger partial charge < -0.3 is 5.32 Å². The van der Waals surface area contributed by atoms with E-state index in [0.717, 1.165) is 17.7 Å². The number of hydrogen-bond donors (Lipinski definition) is 1. The van der Waals surface area contributed by atoms with Crippen LogP contribution < -0.4 is 5.32 Å². The number of hydrogen-bond acceptors (Lipinski definition) is 3. The second-order valence-electron chi connectivity index (χ2n) is 4.32. The highest BCUT2D eigenvalue weighted by atomic mass is 35.5. The molecule has 0 aromatic heterocycles. The number of nitrogens with one attached hydrogen (secondary N) is 1. The number of halogens is 2. The topological polar surface area (TPSA) is 55.2 Å². The number of nitro groups is 1. The Bertz CT molecular complexity index is 635. The molecule has 2 rings (SSSR count). The van der Waals surface area contributed by atoms with Gasteiger partial charge in [0.2, 0.25) is 0 Å². The molecule has 4 nitrogen and oxygen atoms in total. The molecule has 0 fully saturated rings. The van der Waals surface area contributed by atoms with Crippen molar-refractivity contribution in [1.82, 2.24) is 0 Å². The van der Waals surface area contributed by atoms with Gasteiger partial charge in [-0.3, -0.25) is 10.1 Å². The number of anilines is 1. The zero-order valence-electron chi connectivity index (χ0n) is 10.6. The van der Waals surface area contributed by atoms with Gasteiger partial charge in [0, 0.05) is 18.2 Å². The minimum Gasteiger partial charge on any atom is -0.373 e. The van der Waals surface area contributed by atoms with E-state index >= 15 is 0 Å². The van der Waals surface area contributed by atoms with E-state index in [1.54, 1.807) is 0 Å². The average Bonchev–Trinajstić information content (AvgIpc) is 2.43. The molecule has 0 bridgehead atoms.